The summed E-state index contributed by atoms with van der Waals surface area (Å²) in [5.41, 5.74) is 0.444. The van der Waals surface area contributed by atoms with Crippen molar-refractivity contribution in [1.82, 2.24) is 5.32 Å². The highest BCUT2D eigenvalue weighted by Gasteiger charge is 2.48. The van der Waals surface area contributed by atoms with Gasteiger partial charge in [-0.15, -0.1) is 0 Å². The molecule has 0 aromatic heterocycles. The van der Waals surface area contributed by atoms with Crippen molar-refractivity contribution in [3.05, 3.63) is 29.0 Å². The minimum absolute atomic E-state index is 0.0193. The van der Waals surface area contributed by atoms with Gasteiger partial charge >= 0.3 is 0 Å². The molecular formula is C17H20ClFN2O2. The number of halogens is 2. The Morgan fingerprint density at radius 3 is 2.48 bits per heavy atom. The maximum atomic E-state index is 13.1. The van der Waals surface area contributed by atoms with Gasteiger partial charge in [0.1, 0.15) is 5.82 Å². The van der Waals surface area contributed by atoms with Crippen LogP contribution in [0.4, 0.5) is 10.1 Å². The van der Waals surface area contributed by atoms with E-state index in [-0.39, 0.29) is 34.7 Å². The summed E-state index contributed by atoms with van der Waals surface area (Å²) in [6.45, 7) is 0. The summed E-state index contributed by atoms with van der Waals surface area (Å²) in [5, 5.41) is 5.71. The van der Waals surface area contributed by atoms with E-state index in [0.717, 1.165) is 25.7 Å². The van der Waals surface area contributed by atoms with Crippen LogP contribution in [0.2, 0.25) is 5.02 Å². The fraction of sp³-hybridized carbons (Fsp3) is 0.529. The fourth-order valence-corrected chi connectivity index (χ4v) is 3.32. The quantitative estimate of drug-likeness (QED) is 0.882. The van der Waals surface area contributed by atoms with E-state index in [9.17, 15) is 14.0 Å². The van der Waals surface area contributed by atoms with Crippen LogP contribution in [0.15, 0.2) is 18.2 Å². The molecule has 2 aliphatic carbocycles. The minimum Gasteiger partial charge on any atom is -0.353 e. The lowest BCUT2D eigenvalue weighted by Crippen LogP contribution is -2.37. The lowest BCUT2D eigenvalue weighted by Gasteiger charge is -2.22. The second-order valence-corrected chi connectivity index (χ2v) is 6.82. The number of rotatable bonds is 4. The normalized spacial score (nSPS) is 24.1. The highest BCUT2D eigenvalue weighted by atomic mass is 35.5. The molecule has 0 heterocycles. The van der Waals surface area contributed by atoms with Gasteiger partial charge in [0.2, 0.25) is 11.8 Å². The number of carbonyl (C=O) groups is 2. The van der Waals surface area contributed by atoms with Crippen LogP contribution in [0.5, 0.6) is 0 Å². The van der Waals surface area contributed by atoms with E-state index >= 15 is 0 Å². The predicted molar refractivity (Wildman–Crippen MR) is 86.7 cm³/mol. The molecule has 2 saturated carbocycles. The lowest BCUT2D eigenvalue weighted by atomic mass is 9.95. The highest BCUT2D eigenvalue weighted by molar-refractivity contribution is 6.31. The van der Waals surface area contributed by atoms with Crippen molar-refractivity contribution in [2.24, 2.45) is 11.8 Å². The van der Waals surface area contributed by atoms with Crippen molar-refractivity contribution in [1.29, 1.82) is 0 Å². The highest BCUT2D eigenvalue weighted by Crippen LogP contribution is 2.40. The first-order valence-electron chi connectivity index (χ1n) is 8.11. The van der Waals surface area contributed by atoms with Crippen molar-refractivity contribution in [2.45, 2.75) is 44.6 Å². The molecule has 2 N–H and O–H groups in total. The average molecular weight is 339 g/mol. The van der Waals surface area contributed by atoms with Crippen LogP contribution < -0.4 is 10.6 Å². The van der Waals surface area contributed by atoms with Crippen LogP contribution in [0.1, 0.15) is 38.5 Å². The van der Waals surface area contributed by atoms with Gasteiger partial charge in [-0.1, -0.05) is 30.9 Å². The second-order valence-electron chi connectivity index (χ2n) is 6.41. The first-order chi connectivity index (χ1) is 11.0. The summed E-state index contributed by atoms with van der Waals surface area (Å²) >= 11 is 5.69. The molecule has 0 aliphatic heterocycles. The zero-order valence-electron chi connectivity index (χ0n) is 12.8. The van der Waals surface area contributed by atoms with Gasteiger partial charge in [0.25, 0.3) is 0 Å². The molecule has 2 aliphatic rings. The molecule has 0 bridgehead atoms. The molecule has 2 unspecified atom stereocenters. The Balaban J connectivity index is 1.49. The molecule has 0 saturated heterocycles. The van der Waals surface area contributed by atoms with Crippen LogP contribution in [-0.4, -0.2) is 17.9 Å². The van der Waals surface area contributed by atoms with E-state index in [4.69, 9.17) is 11.6 Å². The number of amides is 2. The van der Waals surface area contributed by atoms with Gasteiger partial charge in [0.15, 0.2) is 0 Å². The SMILES string of the molecule is O=C(Nc1ccc(F)c(Cl)c1)C1CC1C(=O)NC1CCCCC1. The Kier molecular flexibility index (Phi) is 4.85. The smallest absolute Gasteiger partial charge is 0.228 e. The molecule has 2 amide bonds. The number of hydrogen-bond donors (Lipinski definition) is 2. The van der Waals surface area contributed by atoms with Gasteiger partial charge in [0, 0.05) is 11.7 Å². The molecule has 1 aromatic carbocycles. The van der Waals surface area contributed by atoms with Gasteiger partial charge in [-0.2, -0.15) is 0 Å². The fourth-order valence-electron chi connectivity index (χ4n) is 3.14. The standard InChI is InChI=1S/C17H20ClFN2O2/c18-14-8-11(6-7-15(14)19)21-17(23)13-9-12(13)16(22)20-10-4-2-1-3-5-10/h6-8,10,12-13H,1-5,9H2,(H,20,22)(H,21,23). The third kappa shape index (κ3) is 4.02. The molecule has 2 atom stereocenters. The summed E-state index contributed by atoms with van der Waals surface area (Å²) in [7, 11) is 0. The second kappa shape index (κ2) is 6.87. The summed E-state index contributed by atoms with van der Waals surface area (Å²) < 4.78 is 13.1. The van der Waals surface area contributed by atoms with Crippen LogP contribution in [0, 0.1) is 17.7 Å². The van der Waals surface area contributed by atoms with Crippen LogP contribution in [-0.2, 0) is 9.59 Å². The van der Waals surface area contributed by atoms with Crippen LogP contribution in [0.25, 0.3) is 0 Å². The molecule has 0 radical (unpaired) electrons. The van der Waals surface area contributed by atoms with Crippen molar-refractivity contribution < 1.29 is 14.0 Å². The lowest BCUT2D eigenvalue weighted by molar-refractivity contribution is -0.126. The van der Waals surface area contributed by atoms with E-state index in [2.05, 4.69) is 10.6 Å². The van der Waals surface area contributed by atoms with Gasteiger partial charge in [0.05, 0.1) is 16.9 Å². The largest absolute Gasteiger partial charge is 0.353 e. The van der Waals surface area contributed by atoms with E-state index < -0.39 is 5.82 Å². The number of nitrogens with one attached hydrogen (secondary N) is 2. The van der Waals surface area contributed by atoms with E-state index in [1.54, 1.807) is 0 Å². The molecule has 1 aromatic rings. The Morgan fingerprint density at radius 1 is 1.09 bits per heavy atom. The van der Waals surface area contributed by atoms with Gasteiger partial charge < -0.3 is 10.6 Å². The summed E-state index contributed by atoms with van der Waals surface area (Å²) in [4.78, 5) is 24.3. The monoisotopic (exact) mass is 338 g/mol. The Labute approximate surface area is 139 Å². The van der Waals surface area contributed by atoms with Gasteiger partial charge in [-0.3, -0.25) is 9.59 Å². The third-order valence-electron chi connectivity index (χ3n) is 4.60. The minimum atomic E-state index is -0.527. The summed E-state index contributed by atoms with van der Waals surface area (Å²) in [5.74, 6) is -1.30. The average Bonchev–Trinajstić information content (AvgIpc) is 3.33. The van der Waals surface area contributed by atoms with Crippen molar-refractivity contribution in [3.8, 4) is 0 Å². The maximum absolute atomic E-state index is 13.1. The maximum Gasteiger partial charge on any atom is 0.228 e. The van der Waals surface area contributed by atoms with Crippen LogP contribution in [0.3, 0.4) is 0 Å². The molecule has 23 heavy (non-hydrogen) atoms. The third-order valence-corrected chi connectivity index (χ3v) is 4.89. The van der Waals surface area contributed by atoms with E-state index in [0.29, 0.717) is 12.1 Å². The topological polar surface area (TPSA) is 58.2 Å². The molecule has 124 valence electrons. The number of carbonyl (C=O) groups excluding carboxylic acids is 2. The molecule has 3 rings (SSSR count). The van der Waals surface area contributed by atoms with Crippen molar-refractivity contribution in [2.75, 3.05) is 5.32 Å². The van der Waals surface area contributed by atoms with Crippen LogP contribution >= 0.6 is 11.6 Å². The summed E-state index contributed by atoms with van der Waals surface area (Å²) in [6.07, 6.45) is 6.18. The number of anilines is 1. The van der Waals surface area contributed by atoms with E-state index in [1.165, 1.54) is 24.6 Å². The Morgan fingerprint density at radius 2 is 1.78 bits per heavy atom. The first kappa shape index (κ1) is 16.2. The molecule has 2 fully saturated rings. The zero-order valence-corrected chi connectivity index (χ0v) is 13.5. The van der Waals surface area contributed by atoms with E-state index in [1.807, 2.05) is 0 Å². The van der Waals surface area contributed by atoms with Crippen molar-refractivity contribution >= 4 is 29.1 Å². The van der Waals surface area contributed by atoms with Gasteiger partial charge in [-0.05, 0) is 37.5 Å². The number of benzene rings is 1. The predicted octanol–water partition coefficient (Wildman–Crippen LogP) is 3.50. The number of hydrogen-bond acceptors (Lipinski definition) is 2. The van der Waals surface area contributed by atoms with Gasteiger partial charge in [-0.25, -0.2) is 4.39 Å². The summed E-state index contributed by atoms with van der Waals surface area (Å²) in [6, 6.07) is 4.29. The molecule has 0 spiro atoms. The Bertz CT molecular complexity index is 617. The molecule has 4 nitrogen and oxygen atoms in total. The zero-order chi connectivity index (χ0) is 16.4. The Hall–Kier alpha value is -1.62. The van der Waals surface area contributed by atoms with Crippen molar-refractivity contribution in [3.63, 3.8) is 0 Å². The molecule has 6 heteroatoms. The molecular weight excluding hydrogens is 319 g/mol. The first-order valence-corrected chi connectivity index (χ1v) is 8.48.